The SMILES string of the molecule is Cc1cnc(N2CCCC[C@H]2CN)nc1Cl. The Kier molecular flexibility index (Phi) is 3.61. The van der Waals surface area contributed by atoms with Gasteiger partial charge in [0.25, 0.3) is 0 Å². The van der Waals surface area contributed by atoms with Crippen molar-refractivity contribution < 1.29 is 0 Å². The van der Waals surface area contributed by atoms with E-state index in [1.807, 2.05) is 6.92 Å². The Morgan fingerprint density at radius 2 is 2.38 bits per heavy atom. The Hall–Kier alpha value is -0.870. The zero-order valence-electron chi connectivity index (χ0n) is 9.49. The van der Waals surface area contributed by atoms with Gasteiger partial charge in [0.1, 0.15) is 5.15 Å². The minimum Gasteiger partial charge on any atom is -0.337 e. The molecule has 5 heteroatoms. The lowest BCUT2D eigenvalue weighted by Crippen LogP contribution is -2.45. The predicted octanol–water partition coefficient (Wildman–Crippen LogP) is 1.76. The van der Waals surface area contributed by atoms with Crippen LogP contribution in [0.2, 0.25) is 5.15 Å². The highest BCUT2D eigenvalue weighted by molar-refractivity contribution is 6.30. The average Bonchev–Trinajstić information content (AvgIpc) is 2.32. The predicted molar refractivity (Wildman–Crippen MR) is 65.8 cm³/mol. The molecule has 0 aliphatic carbocycles. The number of nitrogens with zero attached hydrogens (tertiary/aromatic N) is 3. The number of rotatable bonds is 2. The summed E-state index contributed by atoms with van der Waals surface area (Å²) in [6.07, 6.45) is 5.29. The maximum absolute atomic E-state index is 6.01. The van der Waals surface area contributed by atoms with Gasteiger partial charge >= 0.3 is 0 Å². The lowest BCUT2D eigenvalue weighted by Gasteiger charge is -2.35. The van der Waals surface area contributed by atoms with Gasteiger partial charge in [0.15, 0.2) is 0 Å². The summed E-state index contributed by atoms with van der Waals surface area (Å²) in [7, 11) is 0. The topological polar surface area (TPSA) is 55.0 Å². The normalized spacial score (nSPS) is 21.2. The van der Waals surface area contributed by atoms with Crippen LogP contribution >= 0.6 is 11.6 Å². The van der Waals surface area contributed by atoms with Gasteiger partial charge in [-0.25, -0.2) is 9.97 Å². The molecule has 1 saturated heterocycles. The van der Waals surface area contributed by atoms with E-state index >= 15 is 0 Å². The molecule has 2 heterocycles. The van der Waals surface area contributed by atoms with E-state index < -0.39 is 0 Å². The Morgan fingerprint density at radius 1 is 1.56 bits per heavy atom. The first kappa shape index (κ1) is 11.6. The van der Waals surface area contributed by atoms with Crippen molar-refractivity contribution in [2.75, 3.05) is 18.0 Å². The minimum atomic E-state index is 0.354. The van der Waals surface area contributed by atoms with Gasteiger partial charge in [-0.2, -0.15) is 0 Å². The summed E-state index contributed by atoms with van der Waals surface area (Å²) < 4.78 is 0. The maximum atomic E-state index is 6.01. The minimum absolute atomic E-state index is 0.354. The summed E-state index contributed by atoms with van der Waals surface area (Å²) in [6.45, 7) is 3.53. The number of aromatic nitrogens is 2. The molecule has 16 heavy (non-hydrogen) atoms. The number of hydrogen-bond acceptors (Lipinski definition) is 4. The van der Waals surface area contributed by atoms with Crippen LogP contribution < -0.4 is 10.6 Å². The first-order valence-corrected chi connectivity index (χ1v) is 6.06. The molecule has 0 saturated carbocycles. The first-order chi connectivity index (χ1) is 7.72. The van der Waals surface area contributed by atoms with Crippen LogP contribution in [0.5, 0.6) is 0 Å². The fraction of sp³-hybridized carbons (Fsp3) is 0.636. The van der Waals surface area contributed by atoms with E-state index in [1.165, 1.54) is 12.8 Å². The smallest absolute Gasteiger partial charge is 0.227 e. The second kappa shape index (κ2) is 4.97. The van der Waals surface area contributed by atoms with Crippen molar-refractivity contribution in [2.45, 2.75) is 32.2 Å². The third-order valence-electron chi connectivity index (χ3n) is 3.05. The third kappa shape index (κ3) is 2.28. The summed E-state index contributed by atoms with van der Waals surface area (Å²) in [6, 6.07) is 0.354. The van der Waals surface area contributed by atoms with Crippen LogP contribution in [0.15, 0.2) is 6.20 Å². The molecule has 88 valence electrons. The van der Waals surface area contributed by atoms with Gasteiger partial charge in [-0.1, -0.05) is 11.6 Å². The zero-order chi connectivity index (χ0) is 11.5. The third-order valence-corrected chi connectivity index (χ3v) is 3.44. The van der Waals surface area contributed by atoms with Crippen LogP contribution in [0.1, 0.15) is 24.8 Å². The van der Waals surface area contributed by atoms with E-state index in [0.29, 0.717) is 23.7 Å². The van der Waals surface area contributed by atoms with E-state index in [4.69, 9.17) is 17.3 Å². The molecule has 1 fully saturated rings. The van der Waals surface area contributed by atoms with Gasteiger partial charge in [-0.15, -0.1) is 0 Å². The van der Waals surface area contributed by atoms with E-state index in [0.717, 1.165) is 18.5 Å². The van der Waals surface area contributed by atoms with Crippen molar-refractivity contribution in [2.24, 2.45) is 5.73 Å². The highest BCUT2D eigenvalue weighted by Crippen LogP contribution is 2.23. The molecule has 1 aromatic rings. The van der Waals surface area contributed by atoms with Crippen LogP contribution in [0.4, 0.5) is 5.95 Å². The van der Waals surface area contributed by atoms with Gasteiger partial charge in [-0.05, 0) is 26.2 Å². The Balaban J connectivity index is 2.23. The highest BCUT2D eigenvalue weighted by Gasteiger charge is 2.23. The van der Waals surface area contributed by atoms with Gasteiger partial charge in [0.05, 0.1) is 0 Å². The highest BCUT2D eigenvalue weighted by atomic mass is 35.5. The molecule has 1 atom stereocenters. The van der Waals surface area contributed by atoms with Gasteiger partial charge in [-0.3, -0.25) is 0 Å². The maximum Gasteiger partial charge on any atom is 0.227 e. The lowest BCUT2D eigenvalue weighted by atomic mass is 10.0. The number of halogens is 1. The molecule has 0 bridgehead atoms. The first-order valence-electron chi connectivity index (χ1n) is 5.68. The molecular formula is C11H17ClN4. The number of piperidine rings is 1. The van der Waals surface area contributed by atoms with Crippen LogP contribution in [0, 0.1) is 6.92 Å². The Bertz CT molecular complexity index is 369. The van der Waals surface area contributed by atoms with E-state index in [9.17, 15) is 0 Å². The number of aryl methyl sites for hydroxylation is 1. The number of anilines is 1. The monoisotopic (exact) mass is 240 g/mol. The van der Waals surface area contributed by atoms with E-state index in [-0.39, 0.29) is 0 Å². The molecule has 1 aromatic heterocycles. The van der Waals surface area contributed by atoms with Crippen molar-refractivity contribution in [3.63, 3.8) is 0 Å². The molecule has 1 aliphatic heterocycles. The quantitative estimate of drug-likeness (QED) is 0.801. The lowest BCUT2D eigenvalue weighted by molar-refractivity contribution is 0.458. The molecule has 1 aliphatic rings. The second-order valence-electron chi connectivity index (χ2n) is 4.22. The molecule has 0 aromatic carbocycles. The standard InChI is InChI=1S/C11H17ClN4/c1-8-7-14-11(15-10(8)12)16-5-3-2-4-9(16)6-13/h7,9H,2-6,13H2,1H3/t9-/m0/s1. The summed E-state index contributed by atoms with van der Waals surface area (Å²) in [5.41, 5.74) is 6.68. The van der Waals surface area contributed by atoms with Gasteiger partial charge in [0, 0.05) is 30.9 Å². The molecule has 2 N–H and O–H groups in total. The van der Waals surface area contributed by atoms with Crippen LogP contribution in [0.25, 0.3) is 0 Å². The molecule has 0 radical (unpaired) electrons. The number of nitrogens with two attached hydrogens (primary N) is 1. The zero-order valence-corrected chi connectivity index (χ0v) is 10.2. The molecule has 0 amide bonds. The van der Waals surface area contributed by atoms with E-state index in [1.54, 1.807) is 6.20 Å². The fourth-order valence-corrected chi connectivity index (χ4v) is 2.18. The second-order valence-corrected chi connectivity index (χ2v) is 4.58. The molecule has 0 spiro atoms. The molecule has 4 nitrogen and oxygen atoms in total. The van der Waals surface area contributed by atoms with Crippen LogP contribution in [-0.4, -0.2) is 29.1 Å². The molecular weight excluding hydrogens is 224 g/mol. The van der Waals surface area contributed by atoms with E-state index in [2.05, 4.69) is 14.9 Å². The summed E-state index contributed by atoms with van der Waals surface area (Å²) >= 11 is 6.01. The van der Waals surface area contributed by atoms with Crippen molar-refractivity contribution >= 4 is 17.5 Å². The fourth-order valence-electron chi connectivity index (χ4n) is 2.06. The van der Waals surface area contributed by atoms with Crippen LogP contribution in [0.3, 0.4) is 0 Å². The van der Waals surface area contributed by atoms with Crippen molar-refractivity contribution in [1.29, 1.82) is 0 Å². The van der Waals surface area contributed by atoms with Gasteiger partial charge < -0.3 is 10.6 Å². The molecule has 0 unspecified atom stereocenters. The van der Waals surface area contributed by atoms with Crippen molar-refractivity contribution in [3.8, 4) is 0 Å². The Morgan fingerprint density at radius 3 is 3.06 bits per heavy atom. The molecule has 2 rings (SSSR count). The summed E-state index contributed by atoms with van der Waals surface area (Å²) in [4.78, 5) is 10.8. The van der Waals surface area contributed by atoms with Gasteiger partial charge in [0.2, 0.25) is 5.95 Å². The largest absolute Gasteiger partial charge is 0.337 e. The average molecular weight is 241 g/mol. The van der Waals surface area contributed by atoms with Crippen molar-refractivity contribution in [1.82, 2.24) is 9.97 Å². The number of hydrogen-bond donors (Lipinski definition) is 1. The van der Waals surface area contributed by atoms with Crippen LogP contribution in [-0.2, 0) is 0 Å². The summed E-state index contributed by atoms with van der Waals surface area (Å²) in [5, 5.41) is 0.534. The Labute approximate surface area is 101 Å². The summed E-state index contributed by atoms with van der Waals surface area (Å²) in [5.74, 6) is 0.714. The van der Waals surface area contributed by atoms with Crippen molar-refractivity contribution in [3.05, 3.63) is 16.9 Å².